The van der Waals surface area contributed by atoms with Gasteiger partial charge in [-0.3, -0.25) is 9.69 Å². The summed E-state index contributed by atoms with van der Waals surface area (Å²) >= 11 is 6.01. The zero-order valence-corrected chi connectivity index (χ0v) is 17.0. The van der Waals surface area contributed by atoms with Gasteiger partial charge in [0.25, 0.3) is 0 Å². The van der Waals surface area contributed by atoms with Crippen LogP contribution in [0.2, 0.25) is 5.02 Å². The Kier molecular flexibility index (Phi) is 7.62. The van der Waals surface area contributed by atoms with Crippen LogP contribution in [0.25, 0.3) is 0 Å². The molecule has 2 rings (SSSR count). The van der Waals surface area contributed by atoms with E-state index in [0.29, 0.717) is 5.76 Å². The van der Waals surface area contributed by atoms with Gasteiger partial charge in [-0.1, -0.05) is 11.6 Å². The molecule has 0 bridgehead atoms. The second-order valence-corrected chi connectivity index (χ2v) is 8.01. The van der Waals surface area contributed by atoms with Crippen molar-refractivity contribution in [3.63, 3.8) is 0 Å². The largest absolute Gasteiger partial charge is 0.480 e. The lowest BCUT2D eigenvalue weighted by atomic mass is 10.1. The van der Waals surface area contributed by atoms with E-state index in [0.717, 1.165) is 6.07 Å². The number of carboxylic acid groups (broad SMARTS) is 1. The van der Waals surface area contributed by atoms with Gasteiger partial charge < -0.3 is 19.6 Å². The van der Waals surface area contributed by atoms with Gasteiger partial charge in [0.1, 0.15) is 17.3 Å². The average Bonchev–Trinajstić information content (AvgIpc) is 3.11. The molecule has 29 heavy (non-hydrogen) atoms. The van der Waals surface area contributed by atoms with Crippen molar-refractivity contribution in [3.8, 4) is 0 Å². The van der Waals surface area contributed by atoms with E-state index < -0.39 is 26.9 Å². The van der Waals surface area contributed by atoms with E-state index in [2.05, 4.69) is 5.32 Å². The minimum atomic E-state index is -4.17. The van der Waals surface area contributed by atoms with Crippen molar-refractivity contribution >= 4 is 39.3 Å². The van der Waals surface area contributed by atoms with Crippen LogP contribution < -0.4 is 10.5 Å². The monoisotopic (exact) mass is 445 g/mol. The second kappa shape index (κ2) is 9.74. The second-order valence-electron chi connectivity index (χ2n) is 6.07. The van der Waals surface area contributed by atoms with Gasteiger partial charge in [0.05, 0.1) is 35.6 Å². The highest BCUT2D eigenvalue weighted by molar-refractivity contribution is 7.89. The van der Waals surface area contributed by atoms with Gasteiger partial charge in [-0.2, -0.15) is 0 Å². The van der Waals surface area contributed by atoms with Crippen molar-refractivity contribution < 1.29 is 32.3 Å². The number of esters is 1. The number of nitrogens with one attached hydrogen (secondary N) is 1. The minimum absolute atomic E-state index is 0.0918. The molecule has 2 aromatic rings. The summed E-state index contributed by atoms with van der Waals surface area (Å²) < 4.78 is 33.8. The van der Waals surface area contributed by atoms with Gasteiger partial charge in [-0.25, -0.2) is 18.4 Å². The van der Waals surface area contributed by atoms with Gasteiger partial charge in [-0.05, 0) is 31.3 Å². The van der Waals surface area contributed by atoms with E-state index in [1.807, 2.05) is 0 Å². The van der Waals surface area contributed by atoms with Crippen LogP contribution in [0.4, 0.5) is 5.69 Å². The summed E-state index contributed by atoms with van der Waals surface area (Å²) in [5.74, 6) is -1.26. The Morgan fingerprint density at radius 1 is 1.38 bits per heavy atom. The van der Waals surface area contributed by atoms with Crippen molar-refractivity contribution in [2.24, 2.45) is 5.14 Å². The Balaban J connectivity index is 2.21. The number of halogens is 1. The van der Waals surface area contributed by atoms with E-state index in [1.54, 1.807) is 19.2 Å². The topological polar surface area (TPSA) is 152 Å². The molecule has 158 valence electrons. The SMILES string of the molecule is CN(CCOC(=O)c1cc(S(N)(=O)=O)c(Cl)cc1NCc1ccco1)CC(=O)O. The Morgan fingerprint density at radius 3 is 2.69 bits per heavy atom. The van der Waals surface area contributed by atoms with E-state index in [4.69, 9.17) is 31.0 Å². The number of hydrogen-bond acceptors (Lipinski definition) is 8. The first-order valence-electron chi connectivity index (χ1n) is 8.28. The molecule has 0 aliphatic rings. The number of anilines is 1. The quantitative estimate of drug-likeness (QED) is 0.460. The summed E-state index contributed by atoms with van der Waals surface area (Å²) in [4.78, 5) is 24.2. The predicted molar refractivity (Wildman–Crippen MR) is 104 cm³/mol. The molecule has 0 aliphatic heterocycles. The maximum absolute atomic E-state index is 12.5. The molecular weight excluding hydrogens is 426 g/mol. The highest BCUT2D eigenvalue weighted by atomic mass is 35.5. The van der Waals surface area contributed by atoms with Crippen LogP contribution in [-0.2, 0) is 26.1 Å². The summed E-state index contributed by atoms with van der Waals surface area (Å²) in [7, 11) is -2.62. The van der Waals surface area contributed by atoms with E-state index in [-0.39, 0.29) is 42.5 Å². The Hall–Kier alpha value is -2.60. The highest BCUT2D eigenvalue weighted by Gasteiger charge is 2.22. The molecule has 1 aromatic carbocycles. The first-order chi connectivity index (χ1) is 13.6. The van der Waals surface area contributed by atoms with Gasteiger partial charge in [0, 0.05) is 6.54 Å². The smallest absolute Gasteiger partial charge is 0.340 e. The summed E-state index contributed by atoms with van der Waals surface area (Å²) in [5, 5.41) is 16.7. The average molecular weight is 446 g/mol. The number of aliphatic carboxylic acids is 1. The molecule has 0 fully saturated rings. The standard InChI is InChI=1S/C17H20ClN3O7S/c1-21(10-16(22)23)4-6-28-17(24)12-7-15(29(19,25)26)13(18)8-14(12)20-9-11-3-2-5-27-11/h2-3,5,7-8,20H,4,6,9-10H2,1H3,(H,22,23)(H2,19,25,26). The summed E-state index contributed by atoms with van der Waals surface area (Å²) in [6.07, 6.45) is 1.48. The van der Waals surface area contributed by atoms with E-state index >= 15 is 0 Å². The van der Waals surface area contributed by atoms with Crippen molar-refractivity contribution in [1.82, 2.24) is 4.90 Å². The molecule has 0 unspecified atom stereocenters. The fourth-order valence-corrected chi connectivity index (χ4v) is 3.46. The number of carbonyl (C=O) groups is 2. The number of hydrogen-bond donors (Lipinski definition) is 3. The van der Waals surface area contributed by atoms with E-state index in [9.17, 15) is 18.0 Å². The number of carbonyl (C=O) groups excluding carboxylic acids is 1. The lowest BCUT2D eigenvalue weighted by Gasteiger charge is -2.16. The first kappa shape index (κ1) is 22.7. The molecule has 0 spiro atoms. The molecule has 1 aromatic heterocycles. The summed E-state index contributed by atoms with van der Waals surface area (Å²) in [5.41, 5.74) is 0.133. The molecule has 0 saturated heterocycles. The number of likely N-dealkylation sites (N-methyl/N-ethyl adjacent to an activating group) is 1. The van der Waals surface area contributed by atoms with Gasteiger partial charge >= 0.3 is 11.9 Å². The summed E-state index contributed by atoms with van der Waals surface area (Å²) in [6, 6.07) is 5.70. The van der Waals surface area contributed by atoms with Crippen LogP contribution in [0.5, 0.6) is 0 Å². The van der Waals surface area contributed by atoms with Gasteiger partial charge in [0.2, 0.25) is 10.0 Å². The van der Waals surface area contributed by atoms with Gasteiger partial charge in [-0.15, -0.1) is 0 Å². The molecule has 0 saturated carbocycles. The van der Waals surface area contributed by atoms with Crippen LogP contribution >= 0.6 is 11.6 Å². The maximum Gasteiger partial charge on any atom is 0.340 e. The van der Waals surface area contributed by atoms with Crippen LogP contribution in [0, 0.1) is 0 Å². The minimum Gasteiger partial charge on any atom is -0.480 e. The first-order valence-corrected chi connectivity index (χ1v) is 10.2. The van der Waals surface area contributed by atoms with Crippen LogP contribution in [-0.4, -0.2) is 57.1 Å². The Labute approximate surface area is 172 Å². The third-order valence-corrected chi connectivity index (χ3v) is 5.12. The van der Waals surface area contributed by atoms with Crippen molar-refractivity contribution in [3.05, 3.63) is 46.9 Å². The lowest BCUT2D eigenvalue weighted by Crippen LogP contribution is -2.29. The van der Waals surface area contributed by atoms with Gasteiger partial charge in [0.15, 0.2) is 0 Å². The fourth-order valence-electron chi connectivity index (χ4n) is 2.36. The Morgan fingerprint density at radius 2 is 2.10 bits per heavy atom. The third-order valence-electron chi connectivity index (χ3n) is 3.74. The number of ether oxygens (including phenoxy) is 1. The van der Waals surface area contributed by atoms with Crippen molar-refractivity contribution in [2.45, 2.75) is 11.4 Å². The van der Waals surface area contributed by atoms with Crippen LogP contribution in [0.15, 0.2) is 39.8 Å². The molecule has 1 heterocycles. The lowest BCUT2D eigenvalue weighted by molar-refractivity contribution is -0.138. The maximum atomic E-state index is 12.5. The third kappa shape index (κ3) is 6.75. The van der Waals surface area contributed by atoms with Crippen LogP contribution in [0.1, 0.15) is 16.1 Å². The highest BCUT2D eigenvalue weighted by Crippen LogP contribution is 2.29. The summed E-state index contributed by atoms with van der Waals surface area (Å²) in [6.45, 7) is 0.0557. The zero-order valence-electron chi connectivity index (χ0n) is 15.4. The molecule has 10 nitrogen and oxygen atoms in total. The number of furan rings is 1. The number of nitrogens with zero attached hydrogens (tertiary/aromatic N) is 1. The van der Waals surface area contributed by atoms with Crippen molar-refractivity contribution in [1.29, 1.82) is 0 Å². The number of primary sulfonamides is 1. The van der Waals surface area contributed by atoms with Crippen molar-refractivity contribution in [2.75, 3.05) is 32.1 Å². The molecule has 0 radical (unpaired) electrons. The number of sulfonamides is 1. The Bertz CT molecular complexity index is 977. The number of benzene rings is 1. The normalized spacial score (nSPS) is 11.4. The van der Waals surface area contributed by atoms with E-state index in [1.165, 1.54) is 17.2 Å². The number of rotatable bonds is 10. The fraction of sp³-hybridized carbons (Fsp3) is 0.294. The van der Waals surface area contributed by atoms with Crippen LogP contribution in [0.3, 0.4) is 0 Å². The number of carboxylic acids is 1. The zero-order chi connectivity index (χ0) is 21.6. The molecule has 4 N–H and O–H groups in total. The molecule has 0 atom stereocenters. The number of nitrogens with two attached hydrogens (primary N) is 1. The predicted octanol–water partition coefficient (Wildman–Crippen LogP) is 1.37. The molecule has 0 aliphatic carbocycles. The molecule has 12 heteroatoms. The molecule has 0 amide bonds. The molecular formula is C17H20ClN3O7S.